The van der Waals surface area contributed by atoms with E-state index in [1.807, 2.05) is 0 Å². The van der Waals surface area contributed by atoms with Crippen LogP contribution in [-0.4, -0.2) is 13.2 Å². The predicted octanol–water partition coefficient (Wildman–Crippen LogP) is 3.87. The molecule has 0 saturated heterocycles. The SMILES string of the molecule is CCC[C@H](CCC(C)OC)C(C)C. The number of hydrogen-bond acceptors (Lipinski definition) is 1. The first-order chi connectivity index (χ1) is 6.11. The lowest BCUT2D eigenvalue weighted by Gasteiger charge is -2.21. The van der Waals surface area contributed by atoms with E-state index < -0.39 is 0 Å². The van der Waals surface area contributed by atoms with E-state index in [0.717, 1.165) is 11.8 Å². The molecule has 0 heterocycles. The van der Waals surface area contributed by atoms with Crippen molar-refractivity contribution in [1.29, 1.82) is 0 Å². The summed E-state index contributed by atoms with van der Waals surface area (Å²) >= 11 is 0. The fourth-order valence-electron chi connectivity index (χ4n) is 1.75. The number of rotatable bonds is 7. The fraction of sp³-hybridized carbons (Fsp3) is 1.00. The molecule has 1 nitrogen and oxygen atoms in total. The van der Waals surface area contributed by atoms with E-state index in [0.29, 0.717) is 6.10 Å². The third-order valence-electron chi connectivity index (χ3n) is 2.95. The highest BCUT2D eigenvalue weighted by Gasteiger charge is 2.13. The Labute approximate surface area is 83.9 Å². The highest BCUT2D eigenvalue weighted by molar-refractivity contribution is 4.64. The first kappa shape index (κ1) is 13.0. The molecule has 0 N–H and O–H groups in total. The predicted molar refractivity (Wildman–Crippen MR) is 58.9 cm³/mol. The van der Waals surface area contributed by atoms with Gasteiger partial charge in [0.15, 0.2) is 0 Å². The van der Waals surface area contributed by atoms with Gasteiger partial charge in [-0.15, -0.1) is 0 Å². The van der Waals surface area contributed by atoms with Crippen molar-refractivity contribution >= 4 is 0 Å². The summed E-state index contributed by atoms with van der Waals surface area (Å²) in [5.74, 6) is 1.71. The van der Waals surface area contributed by atoms with Crippen molar-refractivity contribution in [1.82, 2.24) is 0 Å². The standard InChI is InChI=1S/C12H26O/c1-6-7-12(10(2)3)9-8-11(4)13-5/h10-12H,6-9H2,1-5H3/t11?,12-/m1/s1. The van der Waals surface area contributed by atoms with E-state index in [2.05, 4.69) is 27.7 Å². The largest absolute Gasteiger partial charge is 0.382 e. The van der Waals surface area contributed by atoms with Gasteiger partial charge in [-0.1, -0.05) is 33.6 Å². The summed E-state index contributed by atoms with van der Waals surface area (Å²) < 4.78 is 5.26. The van der Waals surface area contributed by atoms with Crippen molar-refractivity contribution in [3.63, 3.8) is 0 Å². The second-order valence-electron chi connectivity index (χ2n) is 4.42. The molecule has 0 aromatic heterocycles. The van der Waals surface area contributed by atoms with E-state index in [4.69, 9.17) is 4.74 Å². The Hall–Kier alpha value is -0.0400. The fourth-order valence-corrected chi connectivity index (χ4v) is 1.75. The maximum atomic E-state index is 5.26. The molecule has 0 aliphatic rings. The van der Waals surface area contributed by atoms with Crippen molar-refractivity contribution in [2.75, 3.05) is 7.11 Å². The number of ether oxygens (including phenoxy) is 1. The molecular formula is C12H26O. The van der Waals surface area contributed by atoms with Gasteiger partial charge >= 0.3 is 0 Å². The Morgan fingerprint density at radius 1 is 1.00 bits per heavy atom. The Balaban J connectivity index is 3.68. The van der Waals surface area contributed by atoms with Crippen molar-refractivity contribution in [2.45, 2.75) is 59.5 Å². The van der Waals surface area contributed by atoms with Crippen molar-refractivity contribution in [3.05, 3.63) is 0 Å². The summed E-state index contributed by atoms with van der Waals surface area (Å²) in [6.45, 7) is 9.09. The van der Waals surface area contributed by atoms with Crippen LogP contribution in [0, 0.1) is 11.8 Å². The molecule has 0 rings (SSSR count). The molecule has 0 radical (unpaired) electrons. The molecule has 0 amide bonds. The average Bonchev–Trinajstić information content (AvgIpc) is 2.11. The first-order valence-electron chi connectivity index (χ1n) is 5.64. The van der Waals surface area contributed by atoms with Gasteiger partial charge in [0.2, 0.25) is 0 Å². The lowest BCUT2D eigenvalue weighted by atomic mass is 9.87. The van der Waals surface area contributed by atoms with Crippen LogP contribution in [0.25, 0.3) is 0 Å². The van der Waals surface area contributed by atoms with E-state index >= 15 is 0 Å². The first-order valence-corrected chi connectivity index (χ1v) is 5.64. The monoisotopic (exact) mass is 186 g/mol. The smallest absolute Gasteiger partial charge is 0.0543 e. The van der Waals surface area contributed by atoms with Crippen LogP contribution in [0.1, 0.15) is 53.4 Å². The molecule has 0 fully saturated rings. The molecule has 1 heteroatoms. The summed E-state index contributed by atoms with van der Waals surface area (Å²) in [5, 5.41) is 0. The summed E-state index contributed by atoms with van der Waals surface area (Å²) in [6.07, 6.45) is 5.64. The summed E-state index contributed by atoms with van der Waals surface area (Å²) in [6, 6.07) is 0. The third kappa shape index (κ3) is 6.09. The van der Waals surface area contributed by atoms with Gasteiger partial charge in [-0.25, -0.2) is 0 Å². The highest BCUT2D eigenvalue weighted by atomic mass is 16.5. The molecule has 0 bridgehead atoms. The topological polar surface area (TPSA) is 9.23 Å². The van der Waals surface area contributed by atoms with Crippen LogP contribution in [0.3, 0.4) is 0 Å². The number of methoxy groups -OCH3 is 1. The Morgan fingerprint density at radius 3 is 2.00 bits per heavy atom. The normalized spacial score (nSPS) is 16.2. The second kappa shape index (κ2) is 7.37. The maximum absolute atomic E-state index is 5.26. The zero-order valence-corrected chi connectivity index (χ0v) is 9.97. The minimum Gasteiger partial charge on any atom is -0.382 e. The Kier molecular flexibility index (Phi) is 7.35. The molecule has 80 valence electrons. The zero-order valence-electron chi connectivity index (χ0n) is 9.97. The zero-order chi connectivity index (χ0) is 10.3. The molecule has 0 aliphatic heterocycles. The molecule has 2 atom stereocenters. The molecule has 13 heavy (non-hydrogen) atoms. The van der Waals surface area contributed by atoms with Crippen LogP contribution in [0.15, 0.2) is 0 Å². The molecule has 1 unspecified atom stereocenters. The van der Waals surface area contributed by atoms with E-state index in [9.17, 15) is 0 Å². The van der Waals surface area contributed by atoms with Gasteiger partial charge < -0.3 is 4.74 Å². The second-order valence-corrected chi connectivity index (χ2v) is 4.42. The van der Waals surface area contributed by atoms with Crippen LogP contribution >= 0.6 is 0 Å². The van der Waals surface area contributed by atoms with Gasteiger partial charge in [-0.05, 0) is 31.6 Å². The van der Waals surface area contributed by atoms with Gasteiger partial charge in [0.25, 0.3) is 0 Å². The summed E-state index contributed by atoms with van der Waals surface area (Å²) in [4.78, 5) is 0. The minimum absolute atomic E-state index is 0.429. The van der Waals surface area contributed by atoms with Crippen LogP contribution in [-0.2, 0) is 4.74 Å². The van der Waals surface area contributed by atoms with Gasteiger partial charge in [-0.3, -0.25) is 0 Å². The molecule has 0 aliphatic carbocycles. The van der Waals surface area contributed by atoms with Crippen LogP contribution < -0.4 is 0 Å². The van der Waals surface area contributed by atoms with Crippen LogP contribution in [0.4, 0.5) is 0 Å². The van der Waals surface area contributed by atoms with E-state index in [-0.39, 0.29) is 0 Å². The van der Waals surface area contributed by atoms with Crippen LogP contribution in [0.2, 0.25) is 0 Å². The summed E-state index contributed by atoms with van der Waals surface area (Å²) in [7, 11) is 1.80. The van der Waals surface area contributed by atoms with Gasteiger partial charge in [0, 0.05) is 7.11 Å². The lowest BCUT2D eigenvalue weighted by Crippen LogP contribution is -2.13. The molecule has 0 aromatic carbocycles. The molecule has 0 spiro atoms. The highest BCUT2D eigenvalue weighted by Crippen LogP contribution is 2.23. The minimum atomic E-state index is 0.429. The van der Waals surface area contributed by atoms with E-state index in [1.165, 1.54) is 25.7 Å². The average molecular weight is 186 g/mol. The molecule has 0 saturated carbocycles. The third-order valence-corrected chi connectivity index (χ3v) is 2.95. The van der Waals surface area contributed by atoms with E-state index in [1.54, 1.807) is 7.11 Å². The van der Waals surface area contributed by atoms with Crippen LogP contribution in [0.5, 0.6) is 0 Å². The Bertz CT molecular complexity index is 110. The molecular weight excluding hydrogens is 160 g/mol. The quantitative estimate of drug-likeness (QED) is 0.586. The Morgan fingerprint density at radius 2 is 1.62 bits per heavy atom. The molecule has 0 aromatic rings. The van der Waals surface area contributed by atoms with Gasteiger partial charge in [0.1, 0.15) is 0 Å². The van der Waals surface area contributed by atoms with Gasteiger partial charge in [0.05, 0.1) is 6.10 Å². The number of hydrogen-bond donors (Lipinski definition) is 0. The van der Waals surface area contributed by atoms with Crippen molar-refractivity contribution in [2.24, 2.45) is 11.8 Å². The van der Waals surface area contributed by atoms with Crippen molar-refractivity contribution < 1.29 is 4.74 Å². The van der Waals surface area contributed by atoms with Gasteiger partial charge in [-0.2, -0.15) is 0 Å². The lowest BCUT2D eigenvalue weighted by molar-refractivity contribution is 0.100. The van der Waals surface area contributed by atoms with Crippen molar-refractivity contribution in [3.8, 4) is 0 Å². The summed E-state index contributed by atoms with van der Waals surface area (Å²) in [5.41, 5.74) is 0. The maximum Gasteiger partial charge on any atom is 0.0543 e.